The van der Waals surface area contributed by atoms with Crippen LogP contribution >= 0.6 is 0 Å². The topological polar surface area (TPSA) is 0 Å². The van der Waals surface area contributed by atoms with Crippen molar-refractivity contribution in [3.05, 3.63) is 0 Å². The van der Waals surface area contributed by atoms with Crippen LogP contribution in [0.3, 0.4) is 0 Å². The normalized spacial score (nSPS) is 10.2. The van der Waals surface area contributed by atoms with Crippen LogP contribution in [-0.4, -0.2) is 26.9 Å². The van der Waals surface area contributed by atoms with Gasteiger partial charge in [-0.05, 0) is 0 Å². The molecular weight excluding hydrogens is 391 g/mol. The van der Waals surface area contributed by atoms with Crippen molar-refractivity contribution in [1.29, 1.82) is 0 Å². The predicted molar refractivity (Wildman–Crippen MR) is 109 cm³/mol. The molecule has 22 heavy (non-hydrogen) atoms. The van der Waals surface area contributed by atoms with Gasteiger partial charge < -0.3 is 12.6 Å². The fraction of sp³-hybridized carbons (Fsp3) is 1.00. The van der Waals surface area contributed by atoms with Crippen molar-refractivity contribution in [1.82, 2.24) is 0 Å². The van der Waals surface area contributed by atoms with E-state index in [9.17, 15) is 0 Å². The minimum absolute atomic E-state index is 0.149. The second kappa shape index (κ2) is 27.0. The molecule has 0 spiro atoms. The average Bonchev–Trinajstić information content (AvgIpc) is 2.54. The molecule has 1 radical (unpaired) electrons. The summed E-state index contributed by atoms with van der Waals surface area (Å²) in [6.07, 6.45) is 19.9. The van der Waals surface area contributed by atoms with Gasteiger partial charge in [-0.1, -0.05) is 71.1 Å². The molecular formula is C20H43SSn. The molecule has 0 bridgehead atoms. The zero-order chi connectivity index (χ0) is 16.7. The van der Waals surface area contributed by atoms with E-state index in [1.807, 2.05) is 0 Å². The van der Waals surface area contributed by atoms with Crippen molar-refractivity contribution in [3.8, 4) is 0 Å². The van der Waals surface area contributed by atoms with Gasteiger partial charge in [0.1, 0.15) is 0 Å². The molecule has 0 aliphatic heterocycles. The molecule has 0 N–H and O–H groups in total. The van der Waals surface area contributed by atoms with E-state index in [1.165, 1.54) is 89.9 Å². The van der Waals surface area contributed by atoms with Crippen LogP contribution in [0.1, 0.15) is 111 Å². The third-order valence-corrected chi connectivity index (χ3v) is 8.24. The molecule has 2 heteroatoms. The summed E-state index contributed by atoms with van der Waals surface area (Å²) in [5, 5.41) is 0. The molecule has 0 atom stereocenters. The van der Waals surface area contributed by atoms with Crippen LogP contribution in [0.2, 0.25) is 8.87 Å². The fourth-order valence-electron chi connectivity index (χ4n) is 2.32. The Bertz CT molecular complexity index is 146. The third-order valence-electron chi connectivity index (χ3n) is 3.91. The Morgan fingerprint density at radius 1 is 0.500 bits per heavy atom. The van der Waals surface area contributed by atoms with Crippen LogP contribution in [-0.2, 0) is 12.6 Å². The zero-order valence-electron chi connectivity index (χ0n) is 15.9. The van der Waals surface area contributed by atoms with E-state index in [0.29, 0.717) is 0 Å². The number of hydrogen-bond acceptors (Lipinski definition) is 1. The number of unbranched alkanes of at least 4 members (excludes halogenated alkanes) is 11. The van der Waals surface area contributed by atoms with Crippen molar-refractivity contribution in [2.75, 3.05) is 5.75 Å². The molecule has 0 saturated heterocycles. The molecule has 0 aromatic rings. The molecule has 0 fully saturated rings. The molecule has 0 heterocycles. The van der Waals surface area contributed by atoms with Crippen molar-refractivity contribution in [2.24, 2.45) is 0 Å². The first-order valence-corrected chi connectivity index (χ1v) is 14.7. The van der Waals surface area contributed by atoms with Gasteiger partial charge in [0, 0.05) is 0 Å². The van der Waals surface area contributed by atoms with E-state index in [1.54, 1.807) is 8.87 Å². The fourth-order valence-corrected chi connectivity index (χ4v) is 6.68. The SMILES string of the molecule is CCCCCCCCCCCC[S-].CCC[CH2][Sn+][CH2]CCC. The van der Waals surface area contributed by atoms with Gasteiger partial charge in [0.2, 0.25) is 0 Å². The molecule has 0 aromatic carbocycles. The van der Waals surface area contributed by atoms with E-state index < -0.39 is 0 Å². The number of rotatable bonds is 16. The van der Waals surface area contributed by atoms with E-state index in [0.717, 1.165) is 5.75 Å². The zero-order valence-corrected chi connectivity index (χ0v) is 19.6. The van der Waals surface area contributed by atoms with Gasteiger partial charge in [0.15, 0.2) is 0 Å². The molecule has 0 amide bonds. The summed E-state index contributed by atoms with van der Waals surface area (Å²) in [6.45, 7) is 6.85. The van der Waals surface area contributed by atoms with Crippen molar-refractivity contribution in [3.63, 3.8) is 0 Å². The molecule has 0 aromatic heterocycles. The molecule has 0 saturated carbocycles. The van der Waals surface area contributed by atoms with Crippen LogP contribution in [0, 0.1) is 0 Å². The van der Waals surface area contributed by atoms with Crippen LogP contribution in [0.5, 0.6) is 0 Å². The maximum absolute atomic E-state index is 4.90. The molecule has 133 valence electrons. The second-order valence-electron chi connectivity index (χ2n) is 6.34. The van der Waals surface area contributed by atoms with E-state index in [-0.39, 0.29) is 21.1 Å². The Kier molecular flexibility index (Phi) is 31.2. The molecule has 0 aliphatic carbocycles. The van der Waals surface area contributed by atoms with E-state index in [2.05, 4.69) is 20.8 Å². The first kappa shape index (κ1) is 25.4. The van der Waals surface area contributed by atoms with Gasteiger partial charge in [-0.3, -0.25) is 0 Å². The van der Waals surface area contributed by atoms with Crippen molar-refractivity contribution < 1.29 is 0 Å². The van der Waals surface area contributed by atoms with Crippen LogP contribution in [0.4, 0.5) is 0 Å². The van der Waals surface area contributed by atoms with E-state index in [4.69, 9.17) is 12.6 Å². The van der Waals surface area contributed by atoms with Crippen LogP contribution < -0.4 is 0 Å². The predicted octanol–water partition coefficient (Wildman–Crippen LogP) is 7.58. The Hall–Kier alpha value is 1.15. The standard InChI is InChI=1S/C12H26S.2C4H9.Sn/c1-2-3-4-5-6-7-8-9-10-11-12-13;2*1-3-4-2;/h13H,2-12H2,1H3;2*1,3-4H2,2H3;/q;;;+1/p-1. The molecule has 0 rings (SSSR count). The van der Waals surface area contributed by atoms with Gasteiger partial charge in [0.25, 0.3) is 0 Å². The van der Waals surface area contributed by atoms with Gasteiger partial charge in [-0.25, -0.2) is 0 Å². The van der Waals surface area contributed by atoms with E-state index >= 15 is 0 Å². The van der Waals surface area contributed by atoms with Crippen molar-refractivity contribution in [2.45, 2.75) is 120 Å². The Morgan fingerprint density at radius 2 is 0.864 bits per heavy atom. The summed E-state index contributed by atoms with van der Waals surface area (Å²) in [6, 6.07) is 0. The maximum atomic E-state index is 4.90. The molecule has 0 aliphatic rings. The summed E-state index contributed by atoms with van der Waals surface area (Å²) >= 11 is 5.05. The Morgan fingerprint density at radius 3 is 1.23 bits per heavy atom. The summed E-state index contributed by atoms with van der Waals surface area (Å²) in [5.74, 6) is 0.955. The first-order valence-electron chi connectivity index (χ1n) is 10.1. The Labute approximate surface area is 158 Å². The third kappa shape index (κ3) is 29.2. The monoisotopic (exact) mass is 435 g/mol. The van der Waals surface area contributed by atoms with Gasteiger partial charge in [0.05, 0.1) is 0 Å². The average molecular weight is 434 g/mol. The summed E-state index contributed by atoms with van der Waals surface area (Å²) < 4.78 is 3.25. The molecule has 0 nitrogen and oxygen atoms in total. The van der Waals surface area contributed by atoms with Gasteiger partial charge in [-0.2, -0.15) is 5.75 Å². The van der Waals surface area contributed by atoms with Crippen LogP contribution in [0.25, 0.3) is 0 Å². The second-order valence-corrected chi connectivity index (χ2v) is 11.0. The number of hydrogen-bond donors (Lipinski definition) is 0. The first-order chi connectivity index (χ1) is 10.8. The quantitative estimate of drug-likeness (QED) is 0.137. The summed E-state index contributed by atoms with van der Waals surface area (Å²) in [4.78, 5) is 0. The minimum atomic E-state index is 0.149. The summed E-state index contributed by atoms with van der Waals surface area (Å²) in [7, 11) is 0. The Balaban J connectivity index is 0. The van der Waals surface area contributed by atoms with Gasteiger partial charge >= 0.3 is 69.5 Å². The van der Waals surface area contributed by atoms with Crippen molar-refractivity contribution >= 4 is 33.8 Å². The molecule has 0 unspecified atom stereocenters. The van der Waals surface area contributed by atoms with Gasteiger partial charge in [-0.15, -0.1) is 0 Å². The van der Waals surface area contributed by atoms with Crippen LogP contribution in [0.15, 0.2) is 0 Å². The summed E-state index contributed by atoms with van der Waals surface area (Å²) in [5.41, 5.74) is 0.